The molecular weight excluding hydrogens is 280 g/mol. The van der Waals surface area contributed by atoms with Crippen molar-refractivity contribution in [1.82, 2.24) is 25.1 Å². The lowest BCUT2D eigenvalue weighted by Gasteiger charge is -2.00. The van der Waals surface area contributed by atoms with E-state index >= 15 is 0 Å². The Hall–Kier alpha value is -1.59. The zero-order valence-electron chi connectivity index (χ0n) is 9.32. The minimum absolute atomic E-state index is 0.0999. The molecule has 0 saturated carbocycles. The number of nitrogen functional groups attached to an aromatic ring is 1. The smallest absolute Gasteiger partial charge is 0.269 e. The number of sulfonamides is 1. The molecule has 0 aliphatic rings. The van der Waals surface area contributed by atoms with E-state index in [0.29, 0.717) is 18.1 Å². The topological polar surface area (TPSA) is 137 Å². The van der Waals surface area contributed by atoms with E-state index in [2.05, 4.69) is 25.1 Å². The molecule has 11 heteroatoms. The lowest BCUT2D eigenvalue weighted by Crippen LogP contribution is -2.26. The summed E-state index contributed by atoms with van der Waals surface area (Å²) in [5.41, 5.74) is 5.32. The summed E-state index contributed by atoms with van der Waals surface area (Å²) in [7, 11) is -3.68. The maximum absolute atomic E-state index is 11.7. The normalized spacial score (nSPS) is 11.8. The SMILES string of the molecule is Cc1noc(CCNS(=O)(=O)c2nnc(N)s2)n1. The highest BCUT2D eigenvalue weighted by molar-refractivity contribution is 7.91. The number of hydrogen-bond donors (Lipinski definition) is 2. The molecule has 18 heavy (non-hydrogen) atoms. The summed E-state index contributed by atoms with van der Waals surface area (Å²) in [5, 5.41) is 10.6. The molecule has 98 valence electrons. The number of nitrogens with zero attached hydrogens (tertiary/aromatic N) is 4. The second-order valence-corrected chi connectivity index (χ2v) is 6.24. The summed E-state index contributed by atoms with van der Waals surface area (Å²) in [6.07, 6.45) is 0.300. The first-order valence-electron chi connectivity index (χ1n) is 4.85. The van der Waals surface area contributed by atoms with Crippen molar-refractivity contribution < 1.29 is 12.9 Å². The molecule has 0 atom stereocenters. The zero-order valence-corrected chi connectivity index (χ0v) is 11.0. The molecule has 0 radical (unpaired) electrons. The van der Waals surface area contributed by atoms with Crippen LogP contribution in [0, 0.1) is 6.92 Å². The minimum Gasteiger partial charge on any atom is -0.374 e. The van der Waals surface area contributed by atoms with Crippen LogP contribution < -0.4 is 10.5 Å². The first-order chi connectivity index (χ1) is 8.47. The van der Waals surface area contributed by atoms with Crippen LogP contribution in [0.2, 0.25) is 0 Å². The van der Waals surface area contributed by atoms with Gasteiger partial charge in [-0.3, -0.25) is 0 Å². The predicted octanol–water partition coefficient (Wildman–Crippen LogP) is -0.667. The number of hydrogen-bond acceptors (Lipinski definition) is 9. The average molecular weight is 290 g/mol. The Morgan fingerprint density at radius 3 is 2.78 bits per heavy atom. The molecule has 0 unspecified atom stereocenters. The van der Waals surface area contributed by atoms with Crippen molar-refractivity contribution in [2.45, 2.75) is 17.7 Å². The van der Waals surface area contributed by atoms with Gasteiger partial charge in [0.1, 0.15) is 0 Å². The molecule has 0 aliphatic carbocycles. The van der Waals surface area contributed by atoms with Crippen LogP contribution in [0.1, 0.15) is 11.7 Å². The van der Waals surface area contributed by atoms with Gasteiger partial charge < -0.3 is 10.3 Å². The highest BCUT2D eigenvalue weighted by Crippen LogP contribution is 2.16. The van der Waals surface area contributed by atoms with E-state index in [1.165, 1.54) is 0 Å². The van der Waals surface area contributed by atoms with Gasteiger partial charge in [-0.05, 0) is 6.92 Å². The first-order valence-corrected chi connectivity index (χ1v) is 7.15. The van der Waals surface area contributed by atoms with Crippen LogP contribution >= 0.6 is 11.3 Å². The fourth-order valence-corrected chi connectivity index (χ4v) is 2.98. The number of rotatable bonds is 5. The summed E-state index contributed by atoms with van der Waals surface area (Å²) in [4.78, 5) is 3.95. The third kappa shape index (κ3) is 3.00. The van der Waals surface area contributed by atoms with Crippen LogP contribution in [0.15, 0.2) is 8.86 Å². The molecule has 3 N–H and O–H groups in total. The predicted molar refractivity (Wildman–Crippen MR) is 62.2 cm³/mol. The Bertz CT molecular complexity index is 633. The Balaban J connectivity index is 1.93. The number of anilines is 1. The summed E-state index contributed by atoms with van der Waals surface area (Å²) in [5.74, 6) is 0.872. The standard InChI is InChI=1S/C7H10N6O3S2/c1-4-10-5(16-13-4)2-3-9-18(14,15)7-12-11-6(8)17-7/h9H,2-3H2,1H3,(H2,8,11). The van der Waals surface area contributed by atoms with Gasteiger partial charge in [0.05, 0.1) is 0 Å². The lowest BCUT2D eigenvalue weighted by atomic mass is 10.4. The third-order valence-corrected chi connectivity index (χ3v) is 4.43. The number of aryl methyl sites for hydroxylation is 1. The molecule has 0 spiro atoms. The lowest BCUT2D eigenvalue weighted by molar-refractivity contribution is 0.375. The minimum atomic E-state index is -3.68. The number of aromatic nitrogens is 4. The van der Waals surface area contributed by atoms with E-state index in [-0.39, 0.29) is 16.0 Å². The quantitative estimate of drug-likeness (QED) is 0.739. The molecule has 0 fully saturated rings. The van der Waals surface area contributed by atoms with Crippen molar-refractivity contribution in [3.63, 3.8) is 0 Å². The second kappa shape index (κ2) is 4.96. The molecular formula is C7H10N6O3S2. The van der Waals surface area contributed by atoms with Gasteiger partial charge in [-0.25, -0.2) is 13.1 Å². The Labute approximate surface area is 106 Å². The fraction of sp³-hybridized carbons (Fsp3) is 0.429. The number of nitrogens with one attached hydrogen (secondary N) is 1. The van der Waals surface area contributed by atoms with Gasteiger partial charge in [0.15, 0.2) is 5.82 Å². The van der Waals surface area contributed by atoms with Crippen LogP contribution in [0.4, 0.5) is 5.13 Å². The van der Waals surface area contributed by atoms with Crippen LogP contribution in [0.25, 0.3) is 0 Å². The van der Waals surface area contributed by atoms with Gasteiger partial charge in [0.2, 0.25) is 15.4 Å². The van der Waals surface area contributed by atoms with Crippen molar-refractivity contribution >= 4 is 26.5 Å². The van der Waals surface area contributed by atoms with Gasteiger partial charge in [0.25, 0.3) is 10.0 Å². The van der Waals surface area contributed by atoms with E-state index in [4.69, 9.17) is 10.3 Å². The summed E-state index contributed by atoms with van der Waals surface area (Å²) < 4.78 is 30.5. The third-order valence-electron chi connectivity index (χ3n) is 1.85. The molecule has 0 aromatic carbocycles. The van der Waals surface area contributed by atoms with Gasteiger partial charge in [0, 0.05) is 13.0 Å². The molecule has 0 aliphatic heterocycles. The molecule has 2 aromatic heterocycles. The zero-order chi connectivity index (χ0) is 13.2. The Kier molecular flexibility index (Phi) is 3.54. The monoisotopic (exact) mass is 290 g/mol. The van der Waals surface area contributed by atoms with Gasteiger partial charge in [-0.15, -0.1) is 10.2 Å². The molecule has 2 rings (SSSR count). The van der Waals surface area contributed by atoms with Crippen LogP contribution in [0.3, 0.4) is 0 Å². The molecule has 0 bridgehead atoms. The van der Waals surface area contributed by atoms with Crippen LogP contribution in [0.5, 0.6) is 0 Å². The van der Waals surface area contributed by atoms with Gasteiger partial charge >= 0.3 is 0 Å². The van der Waals surface area contributed by atoms with E-state index in [1.54, 1.807) is 6.92 Å². The van der Waals surface area contributed by atoms with Crippen molar-refractivity contribution in [2.24, 2.45) is 0 Å². The molecule has 9 nitrogen and oxygen atoms in total. The first kappa shape index (κ1) is 12.9. The molecule has 0 amide bonds. The summed E-state index contributed by atoms with van der Waals surface area (Å²) in [6, 6.07) is 0. The largest absolute Gasteiger partial charge is 0.374 e. The average Bonchev–Trinajstić information content (AvgIpc) is 2.88. The van der Waals surface area contributed by atoms with E-state index < -0.39 is 10.0 Å². The molecule has 2 aromatic rings. The van der Waals surface area contributed by atoms with Crippen molar-refractivity contribution in [3.8, 4) is 0 Å². The van der Waals surface area contributed by atoms with Crippen molar-refractivity contribution in [2.75, 3.05) is 12.3 Å². The van der Waals surface area contributed by atoms with E-state index in [0.717, 1.165) is 11.3 Å². The van der Waals surface area contributed by atoms with Crippen LogP contribution in [-0.2, 0) is 16.4 Å². The Morgan fingerprint density at radius 1 is 1.44 bits per heavy atom. The number of nitrogens with two attached hydrogens (primary N) is 1. The molecule has 2 heterocycles. The second-order valence-electron chi connectivity index (χ2n) is 3.29. The highest BCUT2D eigenvalue weighted by atomic mass is 32.2. The van der Waals surface area contributed by atoms with Crippen molar-refractivity contribution in [3.05, 3.63) is 11.7 Å². The van der Waals surface area contributed by atoms with Crippen LogP contribution in [-0.4, -0.2) is 35.3 Å². The summed E-state index contributed by atoms with van der Waals surface area (Å²) in [6.45, 7) is 1.81. The fourth-order valence-electron chi connectivity index (χ4n) is 1.12. The molecule has 0 saturated heterocycles. The van der Waals surface area contributed by atoms with E-state index in [1.807, 2.05) is 0 Å². The van der Waals surface area contributed by atoms with Gasteiger partial charge in [-0.2, -0.15) is 4.98 Å². The highest BCUT2D eigenvalue weighted by Gasteiger charge is 2.19. The summed E-state index contributed by atoms with van der Waals surface area (Å²) >= 11 is 0.799. The van der Waals surface area contributed by atoms with Crippen molar-refractivity contribution in [1.29, 1.82) is 0 Å². The Morgan fingerprint density at radius 2 is 2.22 bits per heavy atom. The maximum Gasteiger partial charge on any atom is 0.269 e. The van der Waals surface area contributed by atoms with E-state index in [9.17, 15) is 8.42 Å². The van der Waals surface area contributed by atoms with Gasteiger partial charge in [-0.1, -0.05) is 16.5 Å². The maximum atomic E-state index is 11.7.